The maximum atomic E-state index is 12.1. The predicted octanol–water partition coefficient (Wildman–Crippen LogP) is 3.50. The highest BCUT2D eigenvalue weighted by Crippen LogP contribution is 2.39. The van der Waals surface area contributed by atoms with Gasteiger partial charge in [0.05, 0.1) is 22.3 Å². The van der Waals surface area contributed by atoms with Gasteiger partial charge in [0.1, 0.15) is 5.75 Å². The molecule has 0 bridgehead atoms. The molecule has 0 radical (unpaired) electrons. The quantitative estimate of drug-likeness (QED) is 0.807. The van der Waals surface area contributed by atoms with E-state index in [1.165, 1.54) is 18.7 Å². The minimum Gasteiger partial charge on any atom is -0.495 e. The van der Waals surface area contributed by atoms with Crippen LogP contribution >= 0.6 is 39.3 Å². The smallest absolute Gasteiger partial charge is 0.228 e. The van der Waals surface area contributed by atoms with Crippen LogP contribution in [0.3, 0.4) is 0 Å². The van der Waals surface area contributed by atoms with Gasteiger partial charge >= 0.3 is 0 Å². The average molecular weight is 379 g/mol. The Labute approximate surface area is 134 Å². The summed E-state index contributed by atoms with van der Waals surface area (Å²) in [6.07, 6.45) is 0.346. The third-order valence-electron chi connectivity index (χ3n) is 2.93. The minimum atomic E-state index is -0.0324. The molecule has 20 heavy (non-hydrogen) atoms. The second kappa shape index (κ2) is 6.37. The Morgan fingerprint density at radius 2 is 2.25 bits per heavy atom. The van der Waals surface area contributed by atoms with Crippen molar-refractivity contribution in [2.24, 2.45) is 0 Å². The van der Waals surface area contributed by atoms with Crippen molar-refractivity contribution in [2.45, 2.75) is 18.6 Å². The minimum absolute atomic E-state index is 0.0177. The predicted molar refractivity (Wildman–Crippen MR) is 84.7 cm³/mol. The third-order valence-corrected chi connectivity index (χ3v) is 4.84. The van der Waals surface area contributed by atoms with Crippen molar-refractivity contribution >= 4 is 56.0 Å². The van der Waals surface area contributed by atoms with Crippen molar-refractivity contribution in [3.8, 4) is 5.75 Å². The van der Waals surface area contributed by atoms with Gasteiger partial charge in [-0.2, -0.15) is 0 Å². The SMILES string of the molecule is COc1cc(N2CC(SC(C)=O)CC2=O)c(Cl)cc1Br. The molecule has 4 nitrogen and oxygen atoms in total. The van der Waals surface area contributed by atoms with Crippen LogP contribution in [0, 0.1) is 0 Å². The van der Waals surface area contributed by atoms with Gasteiger partial charge < -0.3 is 9.64 Å². The summed E-state index contributed by atoms with van der Waals surface area (Å²) in [5, 5.41) is 0.467. The normalized spacial score (nSPS) is 18.5. The van der Waals surface area contributed by atoms with Crippen molar-refractivity contribution < 1.29 is 14.3 Å². The van der Waals surface area contributed by atoms with Crippen LogP contribution in [-0.4, -0.2) is 29.9 Å². The Kier molecular flexibility index (Phi) is 4.99. The third kappa shape index (κ3) is 3.30. The van der Waals surface area contributed by atoms with Gasteiger partial charge in [0, 0.05) is 31.2 Å². The number of carbonyl (C=O) groups excluding carboxylic acids is 2. The summed E-state index contributed by atoms with van der Waals surface area (Å²) in [7, 11) is 1.55. The molecule has 1 unspecified atom stereocenters. The number of anilines is 1. The van der Waals surface area contributed by atoms with Gasteiger partial charge in [-0.05, 0) is 22.0 Å². The second-order valence-electron chi connectivity index (χ2n) is 4.38. The molecule has 1 atom stereocenters. The van der Waals surface area contributed by atoms with Gasteiger partial charge in [0.2, 0.25) is 5.91 Å². The Morgan fingerprint density at radius 3 is 2.85 bits per heavy atom. The summed E-state index contributed by atoms with van der Waals surface area (Å²) in [6, 6.07) is 3.43. The zero-order chi connectivity index (χ0) is 14.9. The van der Waals surface area contributed by atoms with Crippen LogP contribution in [0.25, 0.3) is 0 Å². The Bertz CT molecular complexity index is 567. The first-order valence-electron chi connectivity index (χ1n) is 5.93. The maximum absolute atomic E-state index is 12.1. The molecule has 1 aliphatic heterocycles. The number of rotatable bonds is 3. The number of carbonyl (C=O) groups is 2. The summed E-state index contributed by atoms with van der Waals surface area (Å²) in [4.78, 5) is 24.8. The van der Waals surface area contributed by atoms with E-state index in [4.69, 9.17) is 16.3 Å². The summed E-state index contributed by atoms with van der Waals surface area (Å²) in [5.41, 5.74) is 0.614. The molecule has 0 spiro atoms. The van der Waals surface area contributed by atoms with Crippen LogP contribution in [0.5, 0.6) is 5.75 Å². The number of benzene rings is 1. The summed E-state index contributed by atoms with van der Waals surface area (Å²) >= 11 is 10.8. The molecule has 0 aromatic heterocycles. The van der Waals surface area contributed by atoms with Gasteiger partial charge in [-0.15, -0.1) is 0 Å². The molecule has 1 aromatic carbocycles. The monoisotopic (exact) mass is 377 g/mol. The summed E-state index contributed by atoms with van der Waals surface area (Å²) in [6.45, 7) is 1.99. The zero-order valence-corrected chi connectivity index (χ0v) is 14.1. The van der Waals surface area contributed by atoms with Crippen LogP contribution in [-0.2, 0) is 9.59 Å². The molecular formula is C13H13BrClNO3S. The molecule has 7 heteroatoms. The van der Waals surface area contributed by atoms with Crippen LogP contribution < -0.4 is 9.64 Å². The summed E-state index contributed by atoms with van der Waals surface area (Å²) < 4.78 is 5.96. The average Bonchev–Trinajstić information content (AvgIpc) is 2.69. The highest BCUT2D eigenvalue weighted by atomic mass is 79.9. The second-order valence-corrected chi connectivity index (χ2v) is 7.12. The van der Waals surface area contributed by atoms with Crippen molar-refractivity contribution in [1.29, 1.82) is 0 Å². The van der Waals surface area contributed by atoms with Crippen LogP contribution in [0.2, 0.25) is 5.02 Å². The standard InChI is InChI=1S/C13H13BrClNO3S/c1-7(17)20-8-3-13(18)16(6-8)11-5-12(19-2)9(14)4-10(11)15/h4-5,8H,3,6H2,1-2H3. The Hall–Kier alpha value is -0.720. The maximum Gasteiger partial charge on any atom is 0.228 e. The van der Waals surface area contributed by atoms with Crippen LogP contribution in [0.4, 0.5) is 5.69 Å². The first-order valence-corrected chi connectivity index (χ1v) is 7.98. The fourth-order valence-corrected chi connectivity index (χ4v) is 3.92. The van der Waals surface area contributed by atoms with E-state index in [1.54, 1.807) is 24.1 Å². The fraction of sp³-hybridized carbons (Fsp3) is 0.385. The number of amides is 1. The van der Waals surface area contributed by atoms with E-state index in [0.29, 0.717) is 29.4 Å². The summed E-state index contributed by atoms with van der Waals surface area (Å²) in [5.74, 6) is 0.579. The van der Waals surface area contributed by atoms with Gasteiger partial charge in [0.25, 0.3) is 0 Å². The first kappa shape index (κ1) is 15.7. The lowest BCUT2D eigenvalue weighted by molar-refractivity contribution is -0.117. The molecule has 1 saturated heterocycles. The Balaban J connectivity index is 2.28. The van der Waals surface area contributed by atoms with Gasteiger partial charge in [0.15, 0.2) is 5.12 Å². The molecule has 1 heterocycles. The van der Waals surface area contributed by atoms with Crippen LogP contribution in [0.15, 0.2) is 16.6 Å². The largest absolute Gasteiger partial charge is 0.495 e. The van der Waals surface area contributed by atoms with Crippen molar-refractivity contribution in [1.82, 2.24) is 0 Å². The molecule has 0 aliphatic carbocycles. The van der Waals surface area contributed by atoms with Gasteiger partial charge in [-0.1, -0.05) is 23.4 Å². The fourth-order valence-electron chi connectivity index (χ4n) is 2.10. The number of halogens is 2. The Morgan fingerprint density at radius 1 is 1.55 bits per heavy atom. The molecule has 1 aromatic rings. The van der Waals surface area contributed by atoms with E-state index >= 15 is 0 Å². The van der Waals surface area contributed by atoms with E-state index in [0.717, 1.165) is 4.47 Å². The number of methoxy groups -OCH3 is 1. The van der Waals surface area contributed by atoms with E-state index in [9.17, 15) is 9.59 Å². The highest BCUT2D eigenvalue weighted by Gasteiger charge is 2.33. The van der Waals surface area contributed by atoms with Crippen molar-refractivity contribution in [3.05, 3.63) is 21.6 Å². The lowest BCUT2D eigenvalue weighted by Gasteiger charge is -2.19. The van der Waals surface area contributed by atoms with E-state index in [-0.39, 0.29) is 16.3 Å². The highest BCUT2D eigenvalue weighted by molar-refractivity contribution is 9.10. The van der Waals surface area contributed by atoms with Crippen molar-refractivity contribution in [2.75, 3.05) is 18.6 Å². The first-order chi connectivity index (χ1) is 9.42. The molecule has 0 N–H and O–H groups in total. The van der Waals surface area contributed by atoms with Crippen molar-refractivity contribution in [3.63, 3.8) is 0 Å². The molecule has 1 aliphatic rings. The molecule has 1 amide bonds. The zero-order valence-electron chi connectivity index (χ0n) is 11.0. The van der Waals surface area contributed by atoms with Gasteiger partial charge in [-0.3, -0.25) is 9.59 Å². The van der Waals surface area contributed by atoms with Crippen LogP contribution in [0.1, 0.15) is 13.3 Å². The molecule has 0 saturated carbocycles. The molecule has 2 rings (SSSR count). The number of thioether (sulfide) groups is 1. The molecular weight excluding hydrogens is 366 g/mol. The number of nitrogens with zero attached hydrogens (tertiary/aromatic N) is 1. The van der Waals surface area contributed by atoms with E-state index in [1.807, 2.05) is 0 Å². The van der Waals surface area contributed by atoms with Gasteiger partial charge in [-0.25, -0.2) is 0 Å². The number of ether oxygens (including phenoxy) is 1. The lowest BCUT2D eigenvalue weighted by Crippen LogP contribution is -2.25. The molecule has 1 fully saturated rings. The lowest BCUT2D eigenvalue weighted by atomic mass is 10.2. The number of hydrogen-bond acceptors (Lipinski definition) is 4. The molecule has 108 valence electrons. The topological polar surface area (TPSA) is 46.6 Å². The van der Waals surface area contributed by atoms with E-state index < -0.39 is 0 Å². The van der Waals surface area contributed by atoms with E-state index in [2.05, 4.69) is 15.9 Å². The number of hydrogen-bond donors (Lipinski definition) is 0.